The largest absolute Gasteiger partial charge is 0.480 e. The Morgan fingerprint density at radius 1 is 1.08 bits per heavy atom. The zero-order valence-electron chi connectivity index (χ0n) is 13.6. The maximum atomic E-state index is 10.6. The van der Waals surface area contributed by atoms with Gasteiger partial charge in [0.2, 0.25) is 0 Å². The van der Waals surface area contributed by atoms with E-state index in [2.05, 4.69) is 4.98 Å². The van der Waals surface area contributed by atoms with Gasteiger partial charge in [-0.2, -0.15) is 0 Å². The molecule has 0 radical (unpaired) electrons. The lowest BCUT2D eigenvalue weighted by atomic mass is 10.1. The van der Waals surface area contributed by atoms with Gasteiger partial charge in [-0.25, -0.2) is 0 Å². The lowest BCUT2D eigenvalue weighted by Gasteiger charge is -2.04. The molecule has 1 aromatic heterocycles. The smallest absolute Gasteiger partial charge is 0.320 e. The summed E-state index contributed by atoms with van der Waals surface area (Å²) < 4.78 is 0. The molecule has 0 saturated carbocycles. The normalized spacial score (nSPS) is 13.0. The van der Waals surface area contributed by atoms with Crippen LogP contribution in [-0.2, 0) is 11.2 Å². The van der Waals surface area contributed by atoms with Crippen molar-refractivity contribution in [1.29, 1.82) is 0 Å². The van der Waals surface area contributed by atoms with Crippen LogP contribution in [0.25, 0.3) is 10.9 Å². The molecule has 5 nitrogen and oxygen atoms in total. The first-order chi connectivity index (χ1) is 11.5. The molecular formula is C19H23N3O2. The van der Waals surface area contributed by atoms with Crippen LogP contribution in [0, 0.1) is 0 Å². The Morgan fingerprint density at radius 3 is 2.29 bits per heavy atom. The van der Waals surface area contributed by atoms with Gasteiger partial charge in [-0.1, -0.05) is 48.5 Å². The highest BCUT2D eigenvalue weighted by atomic mass is 16.4. The van der Waals surface area contributed by atoms with Crippen molar-refractivity contribution < 1.29 is 9.90 Å². The van der Waals surface area contributed by atoms with Crippen molar-refractivity contribution in [3.05, 3.63) is 71.9 Å². The first-order valence-corrected chi connectivity index (χ1v) is 7.83. The average Bonchev–Trinajstić information content (AvgIpc) is 2.99. The highest BCUT2D eigenvalue weighted by Gasteiger charge is 2.14. The van der Waals surface area contributed by atoms with Crippen LogP contribution in [0.3, 0.4) is 0 Å². The Labute approximate surface area is 141 Å². The van der Waals surface area contributed by atoms with Crippen LogP contribution in [0.5, 0.6) is 0 Å². The summed E-state index contributed by atoms with van der Waals surface area (Å²) in [6.07, 6.45) is 2.16. The molecule has 1 unspecified atom stereocenters. The number of H-pyrrole nitrogens is 1. The number of carboxylic acids is 1. The summed E-state index contributed by atoms with van der Waals surface area (Å²) in [7, 11) is 0. The van der Waals surface area contributed by atoms with Crippen LogP contribution in [0.15, 0.2) is 60.8 Å². The van der Waals surface area contributed by atoms with Gasteiger partial charge in [-0.3, -0.25) is 4.79 Å². The Morgan fingerprint density at radius 2 is 1.71 bits per heavy atom. The fourth-order valence-electron chi connectivity index (χ4n) is 2.38. The molecule has 0 aliphatic rings. The van der Waals surface area contributed by atoms with Crippen LogP contribution in [0.4, 0.5) is 0 Å². The Kier molecular flexibility index (Phi) is 6.12. The van der Waals surface area contributed by atoms with E-state index in [1.807, 2.05) is 67.7 Å². The zero-order chi connectivity index (χ0) is 17.5. The Bertz CT molecular complexity index is 781. The minimum absolute atomic E-state index is 0.159. The van der Waals surface area contributed by atoms with Crippen LogP contribution < -0.4 is 11.5 Å². The molecule has 3 rings (SSSR count). The van der Waals surface area contributed by atoms with Crippen molar-refractivity contribution in [2.24, 2.45) is 11.5 Å². The minimum atomic E-state index is -0.972. The molecule has 2 aromatic carbocycles. The monoisotopic (exact) mass is 325 g/mol. The van der Waals surface area contributed by atoms with E-state index in [4.69, 9.17) is 16.6 Å². The van der Waals surface area contributed by atoms with Crippen molar-refractivity contribution in [3.63, 3.8) is 0 Å². The summed E-state index contributed by atoms with van der Waals surface area (Å²) >= 11 is 0. The molecule has 0 fully saturated rings. The molecule has 3 aromatic rings. The predicted molar refractivity (Wildman–Crippen MR) is 96.7 cm³/mol. The van der Waals surface area contributed by atoms with E-state index in [-0.39, 0.29) is 6.04 Å². The lowest BCUT2D eigenvalue weighted by molar-refractivity contribution is -0.138. The third kappa shape index (κ3) is 4.68. The van der Waals surface area contributed by atoms with Crippen molar-refractivity contribution in [2.45, 2.75) is 25.4 Å². The maximum absolute atomic E-state index is 10.6. The third-order valence-corrected chi connectivity index (χ3v) is 3.76. The first-order valence-electron chi connectivity index (χ1n) is 7.83. The minimum Gasteiger partial charge on any atom is -0.480 e. The molecule has 0 spiro atoms. The van der Waals surface area contributed by atoms with Crippen molar-refractivity contribution in [1.82, 2.24) is 4.98 Å². The second kappa shape index (κ2) is 8.29. The van der Waals surface area contributed by atoms with E-state index in [1.54, 1.807) is 0 Å². The summed E-state index contributed by atoms with van der Waals surface area (Å²) in [6.45, 7) is 1.98. The number of hydrogen-bond donors (Lipinski definition) is 4. The highest BCUT2D eigenvalue weighted by molar-refractivity contribution is 5.84. The first kappa shape index (κ1) is 17.7. The molecule has 126 valence electrons. The number of rotatable bonds is 4. The molecule has 1 heterocycles. The Balaban J connectivity index is 0.000000198. The van der Waals surface area contributed by atoms with E-state index in [0.29, 0.717) is 6.42 Å². The standard InChI is InChI=1S/C11H12N2O2.C8H11N/c12-9(11(14)15)5-7-6-13-10-4-2-1-3-8(7)10;1-7(9)8-5-3-2-4-6-8/h1-4,6,9,13H,5,12H2,(H,14,15);2-7H,9H2,1H3/t9-;/m0./s1. The van der Waals surface area contributed by atoms with Gasteiger partial charge >= 0.3 is 5.97 Å². The number of nitrogens with one attached hydrogen (secondary N) is 1. The number of aliphatic carboxylic acids is 1. The third-order valence-electron chi connectivity index (χ3n) is 3.76. The summed E-state index contributed by atoms with van der Waals surface area (Å²) in [4.78, 5) is 13.7. The van der Waals surface area contributed by atoms with Crippen LogP contribution in [-0.4, -0.2) is 22.1 Å². The summed E-state index contributed by atoms with van der Waals surface area (Å²) in [5, 5.41) is 9.75. The molecule has 24 heavy (non-hydrogen) atoms. The molecule has 2 atom stereocenters. The van der Waals surface area contributed by atoms with E-state index < -0.39 is 12.0 Å². The number of nitrogens with two attached hydrogens (primary N) is 2. The molecule has 6 N–H and O–H groups in total. The van der Waals surface area contributed by atoms with Gasteiger partial charge in [0.05, 0.1) is 0 Å². The molecule has 0 saturated heterocycles. The average molecular weight is 325 g/mol. The number of hydrogen-bond acceptors (Lipinski definition) is 3. The molecule has 0 aliphatic carbocycles. The fraction of sp³-hybridized carbons (Fsp3) is 0.211. The van der Waals surface area contributed by atoms with Gasteiger partial charge in [0.1, 0.15) is 6.04 Å². The van der Waals surface area contributed by atoms with Gasteiger partial charge in [0.25, 0.3) is 0 Å². The van der Waals surface area contributed by atoms with E-state index >= 15 is 0 Å². The van der Waals surface area contributed by atoms with Crippen molar-refractivity contribution in [3.8, 4) is 0 Å². The second-order valence-electron chi connectivity index (χ2n) is 5.71. The van der Waals surface area contributed by atoms with Crippen LogP contribution in [0.1, 0.15) is 24.1 Å². The van der Waals surface area contributed by atoms with Crippen LogP contribution in [0.2, 0.25) is 0 Å². The number of benzene rings is 2. The summed E-state index contributed by atoms with van der Waals surface area (Å²) in [5.74, 6) is -0.972. The second-order valence-corrected chi connectivity index (χ2v) is 5.71. The summed E-state index contributed by atoms with van der Waals surface area (Å²) in [5.41, 5.74) is 14.2. The lowest BCUT2D eigenvalue weighted by Crippen LogP contribution is -2.32. The van der Waals surface area contributed by atoms with Crippen molar-refractivity contribution in [2.75, 3.05) is 0 Å². The van der Waals surface area contributed by atoms with E-state index in [0.717, 1.165) is 16.5 Å². The number of aromatic nitrogens is 1. The molecule has 0 aliphatic heterocycles. The zero-order valence-corrected chi connectivity index (χ0v) is 13.6. The number of carbonyl (C=O) groups is 1. The van der Waals surface area contributed by atoms with Gasteiger partial charge in [-0.15, -0.1) is 0 Å². The summed E-state index contributed by atoms with van der Waals surface area (Å²) in [6, 6.07) is 17.1. The maximum Gasteiger partial charge on any atom is 0.320 e. The topological polar surface area (TPSA) is 105 Å². The molecule has 0 bridgehead atoms. The van der Waals surface area contributed by atoms with Crippen molar-refractivity contribution >= 4 is 16.9 Å². The van der Waals surface area contributed by atoms with Gasteiger partial charge < -0.3 is 21.6 Å². The van der Waals surface area contributed by atoms with Crippen LogP contribution >= 0.6 is 0 Å². The number of para-hydroxylation sites is 1. The quantitative estimate of drug-likeness (QED) is 0.592. The van der Waals surface area contributed by atoms with E-state index in [9.17, 15) is 4.79 Å². The van der Waals surface area contributed by atoms with Gasteiger partial charge in [0.15, 0.2) is 0 Å². The number of fused-ring (bicyclic) bond motifs is 1. The fourth-order valence-corrected chi connectivity index (χ4v) is 2.38. The van der Waals surface area contributed by atoms with E-state index in [1.165, 1.54) is 5.56 Å². The molecule has 0 amide bonds. The number of aromatic amines is 1. The highest BCUT2D eigenvalue weighted by Crippen LogP contribution is 2.18. The van der Waals surface area contributed by atoms with Gasteiger partial charge in [-0.05, 0) is 24.1 Å². The SMILES string of the molecule is CC(N)c1ccccc1.N[C@@H](Cc1c[nH]c2ccccc12)C(=O)O. The number of carboxylic acid groups (broad SMARTS) is 1. The van der Waals surface area contributed by atoms with Gasteiger partial charge in [0, 0.05) is 29.6 Å². The molecular weight excluding hydrogens is 302 g/mol. The predicted octanol–water partition coefficient (Wildman–Crippen LogP) is 2.83. The Hall–Kier alpha value is -2.63. The molecule has 5 heteroatoms.